The second kappa shape index (κ2) is 6.69. The van der Waals surface area contributed by atoms with Crippen molar-refractivity contribution in [3.05, 3.63) is 62.3 Å². The number of fused-ring (bicyclic) bond motifs is 3. The van der Waals surface area contributed by atoms with Crippen LogP contribution in [0.2, 0.25) is 0 Å². The molecular formula is C19H20FN3OS. The Bertz CT molecular complexity index is 978. The summed E-state index contributed by atoms with van der Waals surface area (Å²) in [6.45, 7) is 0.942. The number of nitrogens with zero attached hydrogens (tertiary/aromatic N) is 2. The minimum Gasteiger partial charge on any atom is -0.309 e. The first-order chi connectivity index (χ1) is 12.1. The first-order valence-corrected chi connectivity index (χ1v) is 9.39. The molecule has 3 aromatic rings. The second-order valence-corrected chi connectivity index (χ2v) is 7.75. The van der Waals surface area contributed by atoms with Crippen molar-refractivity contribution in [3.63, 3.8) is 0 Å². The van der Waals surface area contributed by atoms with Gasteiger partial charge in [-0.2, -0.15) is 0 Å². The normalized spacial score (nSPS) is 14.2. The predicted molar refractivity (Wildman–Crippen MR) is 98.5 cm³/mol. The van der Waals surface area contributed by atoms with E-state index in [0.717, 1.165) is 29.5 Å². The number of H-pyrrole nitrogens is 1. The lowest BCUT2D eigenvalue weighted by Crippen LogP contribution is -2.22. The molecule has 25 heavy (non-hydrogen) atoms. The molecule has 0 bridgehead atoms. The van der Waals surface area contributed by atoms with Gasteiger partial charge in [-0.05, 0) is 44.4 Å². The molecule has 0 saturated heterocycles. The molecule has 6 heteroatoms. The molecule has 2 aromatic heterocycles. The standard InChI is InChI=1S/C19H20FN3OS/c1-23(10-12-6-2-4-8-14(12)20)11-16-21-18(24)17-13-7-3-5-9-15(13)25-19(17)22-16/h2,4,6,8H,3,5,7,9-11H2,1H3,(H,21,22,24). The van der Waals surface area contributed by atoms with E-state index < -0.39 is 0 Å². The molecule has 1 aliphatic carbocycles. The van der Waals surface area contributed by atoms with Crippen LogP contribution in [0.25, 0.3) is 10.2 Å². The molecule has 1 aliphatic rings. The summed E-state index contributed by atoms with van der Waals surface area (Å²) in [5.41, 5.74) is 1.80. The number of aromatic amines is 1. The first-order valence-electron chi connectivity index (χ1n) is 8.57. The molecule has 1 N–H and O–H groups in total. The van der Waals surface area contributed by atoms with Crippen LogP contribution in [0, 0.1) is 5.82 Å². The third-order valence-corrected chi connectivity index (χ3v) is 5.88. The van der Waals surface area contributed by atoms with Crippen LogP contribution in [0.4, 0.5) is 4.39 Å². The Morgan fingerprint density at radius 2 is 2.04 bits per heavy atom. The van der Waals surface area contributed by atoms with Crippen LogP contribution in [0.1, 0.15) is 34.7 Å². The fourth-order valence-electron chi connectivity index (χ4n) is 3.51. The minimum atomic E-state index is -0.211. The lowest BCUT2D eigenvalue weighted by molar-refractivity contribution is 0.305. The van der Waals surface area contributed by atoms with Gasteiger partial charge in [-0.1, -0.05) is 18.2 Å². The van der Waals surface area contributed by atoms with E-state index in [9.17, 15) is 9.18 Å². The third kappa shape index (κ3) is 3.24. The maximum Gasteiger partial charge on any atom is 0.259 e. The Hall–Kier alpha value is -2.05. The molecule has 4 nitrogen and oxygen atoms in total. The molecule has 0 spiro atoms. The van der Waals surface area contributed by atoms with Gasteiger partial charge >= 0.3 is 0 Å². The van der Waals surface area contributed by atoms with Crippen molar-refractivity contribution in [2.24, 2.45) is 0 Å². The predicted octanol–water partition coefficient (Wildman–Crippen LogP) is 3.63. The average molecular weight is 357 g/mol. The number of aromatic nitrogens is 2. The van der Waals surface area contributed by atoms with E-state index in [0.29, 0.717) is 24.5 Å². The maximum atomic E-state index is 13.8. The molecular weight excluding hydrogens is 337 g/mol. The molecule has 130 valence electrons. The Morgan fingerprint density at radius 3 is 2.88 bits per heavy atom. The van der Waals surface area contributed by atoms with Gasteiger partial charge in [0.2, 0.25) is 0 Å². The van der Waals surface area contributed by atoms with Crippen molar-refractivity contribution in [1.29, 1.82) is 0 Å². The SMILES string of the molecule is CN(Cc1nc2sc3c(c2c(=O)[nH]1)CCCC3)Cc1ccccc1F. The van der Waals surface area contributed by atoms with Gasteiger partial charge in [0.05, 0.1) is 11.9 Å². The van der Waals surface area contributed by atoms with E-state index in [4.69, 9.17) is 0 Å². The van der Waals surface area contributed by atoms with Gasteiger partial charge in [0.25, 0.3) is 5.56 Å². The Labute approximate surface area is 149 Å². The fraction of sp³-hybridized carbons (Fsp3) is 0.368. The first kappa shape index (κ1) is 16.4. The van der Waals surface area contributed by atoms with Crippen molar-refractivity contribution in [2.75, 3.05) is 7.05 Å². The van der Waals surface area contributed by atoms with Crippen molar-refractivity contribution < 1.29 is 4.39 Å². The van der Waals surface area contributed by atoms with Crippen LogP contribution in [0.15, 0.2) is 29.1 Å². The monoisotopic (exact) mass is 357 g/mol. The van der Waals surface area contributed by atoms with Gasteiger partial charge in [-0.3, -0.25) is 9.69 Å². The van der Waals surface area contributed by atoms with Crippen LogP contribution in [-0.4, -0.2) is 21.9 Å². The number of halogens is 1. The number of hydrogen-bond donors (Lipinski definition) is 1. The van der Waals surface area contributed by atoms with Crippen molar-refractivity contribution in [2.45, 2.75) is 38.8 Å². The number of thiophene rings is 1. The molecule has 0 fully saturated rings. The van der Waals surface area contributed by atoms with Gasteiger partial charge in [0.1, 0.15) is 16.5 Å². The van der Waals surface area contributed by atoms with Gasteiger partial charge in [-0.25, -0.2) is 9.37 Å². The van der Waals surface area contributed by atoms with Gasteiger partial charge in [-0.15, -0.1) is 11.3 Å². The number of aryl methyl sites for hydroxylation is 2. The lowest BCUT2D eigenvalue weighted by Gasteiger charge is -2.16. The van der Waals surface area contributed by atoms with Gasteiger partial charge in [0.15, 0.2) is 0 Å². The highest BCUT2D eigenvalue weighted by Gasteiger charge is 2.20. The zero-order valence-corrected chi connectivity index (χ0v) is 15.0. The maximum absolute atomic E-state index is 13.8. The highest BCUT2D eigenvalue weighted by molar-refractivity contribution is 7.18. The number of nitrogens with one attached hydrogen (secondary N) is 1. The number of rotatable bonds is 4. The minimum absolute atomic E-state index is 0.0429. The summed E-state index contributed by atoms with van der Waals surface area (Å²) in [5, 5.41) is 0.778. The molecule has 0 radical (unpaired) electrons. The Kier molecular flexibility index (Phi) is 4.39. The zero-order valence-electron chi connectivity index (χ0n) is 14.1. The van der Waals surface area contributed by atoms with Crippen molar-refractivity contribution in [1.82, 2.24) is 14.9 Å². The molecule has 0 unspecified atom stereocenters. The summed E-state index contributed by atoms with van der Waals surface area (Å²) in [5.74, 6) is 0.423. The van der Waals surface area contributed by atoms with Crippen molar-refractivity contribution in [3.8, 4) is 0 Å². The van der Waals surface area contributed by atoms with Crippen LogP contribution in [0.5, 0.6) is 0 Å². The second-order valence-electron chi connectivity index (χ2n) is 6.67. The molecule has 0 atom stereocenters. The molecule has 1 aromatic carbocycles. The van der Waals surface area contributed by atoms with Crippen LogP contribution < -0.4 is 5.56 Å². The fourth-order valence-corrected chi connectivity index (χ4v) is 4.79. The molecule has 0 amide bonds. The summed E-state index contributed by atoms with van der Waals surface area (Å²) in [6.07, 6.45) is 4.37. The lowest BCUT2D eigenvalue weighted by atomic mass is 9.97. The summed E-state index contributed by atoms with van der Waals surface area (Å²) in [4.78, 5) is 24.3. The van der Waals surface area contributed by atoms with Crippen LogP contribution in [0.3, 0.4) is 0 Å². The zero-order chi connectivity index (χ0) is 17.4. The van der Waals surface area contributed by atoms with Crippen LogP contribution in [-0.2, 0) is 25.9 Å². The van der Waals surface area contributed by atoms with E-state index in [-0.39, 0.29) is 11.4 Å². The molecule has 2 heterocycles. The van der Waals surface area contributed by atoms with E-state index >= 15 is 0 Å². The molecule has 0 saturated carbocycles. The summed E-state index contributed by atoms with van der Waals surface area (Å²) in [7, 11) is 1.90. The Morgan fingerprint density at radius 1 is 1.24 bits per heavy atom. The van der Waals surface area contributed by atoms with E-state index in [2.05, 4.69) is 9.97 Å². The van der Waals surface area contributed by atoms with Gasteiger partial charge in [0, 0.05) is 17.0 Å². The van der Waals surface area contributed by atoms with E-state index in [1.807, 2.05) is 18.0 Å². The number of benzene rings is 1. The van der Waals surface area contributed by atoms with E-state index in [1.165, 1.54) is 22.9 Å². The van der Waals surface area contributed by atoms with Crippen molar-refractivity contribution >= 4 is 21.6 Å². The van der Waals surface area contributed by atoms with E-state index in [1.54, 1.807) is 23.5 Å². The van der Waals surface area contributed by atoms with Gasteiger partial charge < -0.3 is 4.98 Å². The Balaban J connectivity index is 1.59. The summed E-state index contributed by atoms with van der Waals surface area (Å²) in [6, 6.07) is 6.75. The highest BCUT2D eigenvalue weighted by atomic mass is 32.1. The quantitative estimate of drug-likeness (QED) is 0.776. The largest absolute Gasteiger partial charge is 0.309 e. The summed E-state index contributed by atoms with van der Waals surface area (Å²) < 4.78 is 13.8. The smallest absolute Gasteiger partial charge is 0.259 e. The highest BCUT2D eigenvalue weighted by Crippen LogP contribution is 2.33. The third-order valence-electron chi connectivity index (χ3n) is 4.69. The number of hydrogen-bond acceptors (Lipinski definition) is 4. The van der Waals surface area contributed by atoms with Crippen LogP contribution >= 0.6 is 11.3 Å². The molecule has 0 aliphatic heterocycles. The summed E-state index contributed by atoms with van der Waals surface area (Å²) >= 11 is 1.65. The molecule has 4 rings (SSSR count). The topological polar surface area (TPSA) is 49.0 Å². The average Bonchev–Trinajstić information content (AvgIpc) is 2.95.